The molecule has 8 heteroatoms. The number of anilines is 1. The van der Waals surface area contributed by atoms with Gasteiger partial charge in [0.2, 0.25) is 16.0 Å². The molecule has 1 saturated heterocycles. The van der Waals surface area contributed by atoms with Gasteiger partial charge in [-0.3, -0.25) is 0 Å². The maximum Gasteiger partial charge on any atom is 0.222 e. The van der Waals surface area contributed by atoms with Crippen LogP contribution < -0.4 is 5.32 Å². The van der Waals surface area contributed by atoms with Crippen LogP contribution in [0.1, 0.15) is 25.7 Å². The van der Waals surface area contributed by atoms with E-state index in [1.807, 2.05) is 0 Å². The van der Waals surface area contributed by atoms with Crippen molar-refractivity contribution < 1.29 is 8.42 Å². The summed E-state index contributed by atoms with van der Waals surface area (Å²) < 4.78 is 25.9. The molecule has 0 unspecified atom stereocenters. The number of hydrogen-bond acceptors (Lipinski definition) is 5. The van der Waals surface area contributed by atoms with Crippen molar-refractivity contribution >= 4 is 27.6 Å². The van der Waals surface area contributed by atoms with Crippen LogP contribution in [0.3, 0.4) is 0 Å². The Kier molecular flexibility index (Phi) is 3.83. The zero-order valence-corrected chi connectivity index (χ0v) is 12.6. The molecule has 0 aromatic carbocycles. The van der Waals surface area contributed by atoms with E-state index in [1.165, 1.54) is 0 Å². The Labute approximate surface area is 123 Å². The van der Waals surface area contributed by atoms with Gasteiger partial charge in [0.1, 0.15) is 0 Å². The van der Waals surface area contributed by atoms with Gasteiger partial charge in [0.05, 0.1) is 22.7 Å². The molecule has 1 aromatic heterocycles. The van der Waals surface area contributed by atoms with Gasteiger partial charge in [-0.15, -0.1) is 0 Å². The van der Waals surface area contributed by atoms with E-state index in [0.717, 1.165) is 25.7 Å². The van der Waals surface area contributed by atoms with Gasteiger partial charge >= 0.3 is 0 Å². The fraction of sp³-hybridized carbons (Fsp3) is 0.667. The summed E-state index contributed by atoms with van der Waals surface area (Å²) >= 11 is 5.73. The van der Waals surface area contributed by atoms with Crippen molar-refractivity contribution in [2.24, 2.45) is 0 Å². The summed E-state index contributed by atoms with van der Waals surface area (Å²) in [7, 11) is -3.03. The maximum absolute atomic E-state index is 12.1. The summed E-state index contributed by atoms with van der Waals surface area (Å²) in [6, 6.07) is 0.210. The van der Waals surface area contributed by atoms with Gasteiger partial charge in [-0.2, -0.15) is 0 Å². The number of halogens is 1. The molecule has 0 amide bonds. The molecule has 110 valence electrons. The molecule has 2 fully saturated rings. The Morgan fingerprint density at radius 3 is 2.30 bits per heavy atom. The molecule has 0 spiro atoms. The van der Waals surface area contributed by atoms with Gasteiger partial charge in [0, 0.05) is 19.1 Å². The molecule has 2 aliphatic rings. The largest absolute Gasteiger partial charge is 0.351 e. The second-order valence-corrected chi connectivity index (χ2v) is 7.94. The quantitative estimate of drug-likeness (QED) is 0.911. The number of hydrogen-bond donors (Lipinski definition) is 1. The van der Waals surface area contributed by atoms with Crippen LogP contribution in [0, 0.1) is 0 Å². The minimum atomic E-state index is -3.03. The van der Waals surface area contributed by atoms with Crippen molar-refractivity contribution in [1.29, 1.82) is 0 Å². The molecule has 1 N–H and O–H groups in total. The van der Waals surface area contributed by atoms with E-state index in [9.17, 15) is 8.42 Å². The van der Waals surface area contributed by atoms with Crippen molar-refractivity contribution in [1.82, 2.24) is 14.3 Å². The second kappa shape index (κ2) is 5.46. The zero-order valence-electron chi connectivity index (χ0n) is 11.0. The van der Waals surface area contributed by atoms with Crippen LogP contribution in [0.15, 0.2) is 12.4 Å². The molecule has 3 rings (SSSR count). The van der Waals surface area contributed by atoms with Crippen LogP contribution in [0.4, 0.5) is 5.95 Å². The van der Waals surface area contributed by atoms with Crippen molar-refractivity contribution in [3.05, 3.63) is 17.4 Å². The van der Waals surface area contributed by atoms with Crippen molar-refractivity contribution in [3.8, 4) is 0 Å². The van der Waals surface area contributed by atoms with Crippen LogP contribution in [-0.4, -0.2) is 47.1 Å². The molecule has 1 aliphatic heterocycles. The summed E-state index contributed by atoms with van der Waals surface area (Å²) in [6.07, 6.45) is 6.28. The van der Waals surface area contributed by atoms with Crippen LogP contribution in [0.2, 0.25) is 5.02 Å². The van der Waals surface area contributed by atoms with Crippen LogP contribution in [-0.2, 0) is 10.0 Å². The molecular formula is C12H17ClN4O2S. The highest BCUT2D eigenvalue weighted by molar-refractivity contribution is 7.90. The molecule has 20 heavy (non-hydrogen) atoms. The summed E-state index contributed by atoms with van der Waals surface area (Å²) in [5.74, 6) is 0.540. The second-order valence-electron chi connectivity index (χ2n) is 5.29. The van der Waals surface area contributed by atoms with Gasteiger partial charge in [-0.25, -0.2) is 22.7 Å². The lowest BCUT2D eigenvalue weighted by molar-refractivity contribution is 0.328. The highest BCUT2D eigenvalue weighted by atomic mass is 35.5. The minimum Gasteiger partial charge on any atom is -0.351 e. The summed E-state index contributed by atoms with van der Waals surface area (Å²) in [5, 5.41) is 3.60. The van der Waals surface area contributed by atoms with E-state index in [4.69, 9.17) is 11.6 Å². The molecule has 2 heterocycles. The van der Waals surface area contributed by atoms with Gasteiger partial charge < -0.3 is 5.32 Å². The predicted molar refractivity (Wildman–Crippen MR) is 77.2 cm³/mol. The predicted octanol–water partition coefficient (Wildman–Crippen LogP) is 1.50. The first-order chi connectivity index (χ1) is 9.55. The SMILES string of the molecule is O=S(=O)(C1CC1)N1CCC(Nc2ncc(Cl)cn2)CC1. The van der Waals surface area contributed by atoms with E-state index in [-0.39, 0.29) is 11.3 Å². The third kappa shape index (κ3) is 3.05. The van der Waals surface area contributed by atoms with E-state index in [0.29, 0.717) is 24.1 Å². The fourth-order valence-corrected chi connectivity index (χ4v) is 4.37. The number of piperidine rings is 1. The fourth-order valence-electron chi connectivity index (χ4n) is 2.40. The summed E-state index contributed by atoms with van der Waals surface area (Å²) in [6.45, 7) is 1.15. The zero-order chi connectivity index (χ0) is 14.2. The standard InChI is InChI=1S/C12H17ClN4O2S/c13-9-7-14-12(15-8-9)16-10-3-5-17(6-4-10)20(18,19)11-1-2-11/h7-8,10-11H,1-6H2,(H,14,15,16). The molecule has 0 radical (unpaired) electrons. The van der Waals surface area contributed by atoms with Gasteiger partial charge in [0.25, 0.3) is 0 Å². The van der Waals surface area contributed by atoms with E-state index < -0.39 is 10.0 Å². The lowest BCUT2D eigenvalue weighted by Crippen LogP contribution is -2.43. The molecular weight excluding hydrogens is 300 g/mol. The Morgan fingerprint density at radius 1 is 1.15 bits per heavy atom. The number of nitrogens with zero attached hydrogens (tertiary/aromatic N) is 3. The van der Waals surface area contributed by atoms with Crippen molar-refractivity contribution in [2.75, 3.05) is 18.4 Å². The number of rotatable bonds is 4. The summed E-state index contributed by atoms with van der Waals surface area (Å²) in [5.41, 5.74) is 0. The van der Waals surface area contributed by atoms with Crippen LogP contribution in [0.25, 0.3) is 0 Å². The third-order valence-corrected chi connectivity index (χ3v) is 6.31. The van der Waals surface area contributed by atoms with Crippen LogP contribution >= 0.6 is 11.6 Å². The third-order valence-electron chi connectivity index (χ3n) is 3.71. The maximum atomic E-state index is 12.1. The lowest BCUT2D eigenvalue weighted by atomic mass is 10.1. The van der Waals surface area contributed by atoms with Gasteiger partial charge in [-0.1, -0.05) is 11.6 Å². The molecule has 0 atom stereocenters. The van der Waals surface area contributed by atoms with Crippen molar-refractivity contribution in [2.45, 2.75) is 37.0 Å². The Hall–Kier alpha value is -0.920. The summed E-state index contributed by atoms with van der Waals surface area (Å²) in [4.78, 5) is 8.18. The number of aromatic nitrogens is 2. The topological polar surface area (TPSA) is 75.2 Å². The Morgan fingerprint density at radius 2 is 1.75 bits per heavy atom. The van der Waals surface area contributed by atoms with E-state index >= 15 is 0 Å². The Bertz CT molecular complexity index is 566. The van der Waals surface area contributed by atoms with Crippen molar-refractivity contribution in [3.63, 3.8) is 0 Å². The Balaban J connectivity index is 1.54. The number of sulfonamides is 1. The molecule has 6 nitrogen and oxygen atoms in total. The lowest BCUT2D eigenvalue weighted by Gasteiger charge is -2.31. The molecule has 0 bridgehead atoms. The average molecular weight is 317 g/mol. The highest BCUT2D eigenvalue weighted by Crippen LogP contribution is 2.32. The minimum absolute atomic E-state index is 0.119. The van der Waals surface area contributed by atoms with E-state index in [2.05, 4.69) is 15.3 Å². The van der Waals surface area contributed by atoms with Gasteiger partial charge in [-0.05, 0) is 25.7 Å². The molecule has 1 aromatic rings. The average Bonchev–Trinajstić information content (AvgIpc) is 3.27. The normalized spacial score (nSPS) is 21.9. The van der Waals surface area contributed by atoms with E-state index in [1.54, 1.807) is 16.7 Å². The first-order valence-electron chi connectivity index (χ1n) is 6.79. The van der Waals surface area contributed by atoms with Gasteiger partial charge in [0.15, 0.2) is 0 Å². The first-order valence-corrected chi connectivity index (χ1v) is 8.67. The smallest absolute Gasteiger partial charge is 0.222 e. The van der Waals surface area contributed by atoms with Crippen LogP contribution in [0.5, 0.6) is 0 Å². The first kappa shape index (κ1) is 14.0. The number of nitrogens with one attached hydrogen (secondary N) is 1. The monoisotopic (exact) mass is 316 g/mol. The molecule has 1 aliphatic carbocycles. The molecule has 1 saturated carbocycles. The highest BCUT2D eigenvalue weighted by Gasteiger charge is 2.41.